The molecule has 1 amide bonds. The molecule has 1 unspecified atom stereocenters. The minimum Gasteiger partial charge on any atom is -0.396 e. The molecule has 0 saturated carbocycles. The molecule has 3 rings (SSSR count). The van der Waals surface area contributed by atoms with Gasteiger partial charge < -0.3 is 15.2 Å². The molecule has 0 spiro atoms. The van der Waals surface area contributed by atoms with Crippen molar-refractivity contribution >= 4 is 11.6 Å². The van der Waals surface area contributed by atoms with Gasteiger partial charge in [0.2, 0.25) is 0 Å². The third kappa shape index (κ3) is 2.37. The summed E-state index contributed by atoms with van der Waals surface area (Å²) in [5, 5.41) is 12.1. The smallest absolute Gasteiger partial charge is 0.274 e. The SMILES string of the molecule is Cn1cnnc1C1CCCN(C(=O)c2c(N)cnn2C)C1. The molecule has 21 heavy (non-hydrogen) atoms. The second-order valence-corrected chi connectivity index (χ2v) is 5.46. The number of aromatic nitrogens is 5. The number of amides is 1. The zero-order valence-electron chi connectivity index (χ0n) is 12.2. The van der Waals surface area contributed by atoms with Gasteiger partial charge in [-0.2, -0.15) is 5.10 Å². The van der Waals surface area contributed by atoms with Crippen molar-refractivity contribution in [1.82, 2.24) is 29.4 Å². The molecule has 8 heteroatoms. The first-order valence-corrected chi connectivity index (χ1v) is 6.98. The summed E-state index contributed by atoms with van der Waals surface area (Å²) in [6, 6.07) is 0. The van der Waals surface area contributed by atoms with Crippen LogP contribution in [0.5, 0.6) is 0 Å². The third-order valence-corrected chi connectivity index (χ3v) is 3.99. The molecule has 1 fully saturated rings. The monoisotopic (exact) mass is 289 g/mol. The van der Waals surface area contributed by atoms with Gasteiger partial charge >= 0.3 is 0 Å². The van der Waals surface area contributed by atoms with Crippen molar-refractivity contribution in [2.45, 2.75) is 18.8 Å². The highest BCUT2D eigenvalue weighted by Crippen LogP contribution is 2.26. The summed E-state index contributed by atoms with van der Waals surface area (Å²) < 4.78 is 3.45. The lowest BCUT2D eigenvalue weighted by Gasteiger charge is -2.32. The molecule has 2 aromatic heterocycles. The summed E-state index contributed by atoms with van der Waals surface area (Å²) in [4.78, 5) is 14.5. The summed E-state index contributed by atoms with van der Waals surface area (Å²) in [6.07, 6.45) is 5.16. The summed E-state index contributed by atoms with van der Waals surface area (Å²) in [5.41, 5.74) is 6.72. The van der Waals surface area contributed by atoms with Crippen molar-refractivity contribution in [3.63, 3.8) is 0 Å². The largest absolute Gasteiger partial charge is 0.396 e. The van der Waals surface area contributed by atoms with Crippen molar-refractivity contribution < 1.29 is 4.79 Å². The number of piperidine rings is 1. The molecule has 1 aliphatic heterocycles. The number of carbonyl (C=O) groups excluding carboxylic acids is 1. The van der Waals surface area contributed by atoms with Crippen LogP contribution in [-0.4, -0.2) is 48.4 Å². The molecular weight excluding hydrogens is 270 g/mol. The first-order valence-electron chi connectivity index (χ1n) is 6.98. The van der Waals surface area contributed by atoms with Gasteiger partial charge in [0.25, 0.3) is 5.91 Å². The molecule has 0 aromatic carbocycles. The molecule has 0 aliphatic carbocycles. The van der Waals surface area contributed by atoms with Crippen LogP contribution in [0.2, 0.25) is 0 Å². The molecule has 3 heterocycles. The summed E-state index contributed by atoms with van der Waals surface area (Å²) in [6.45, 7) is 1.37. The first kappa shape index (κ1) is 13.6. The van der Waals surface area contributed by atoms with Crippen molar-refractivity contribution in [3.05, 3.63) is 24.0 Å². The number of hydrogen-bond acceptors (Lipinski definition) is 5. The Hall–Kier alpha value is -2.38. The van der Waals surface area contributed by atoms with E-state index in [1.807, 2.05) is 16.5 Å². The van der Waals surface area contributed by atoms with Gasteiger partial charge in [-0.3, -0.25) is 9.48 Å². The molecule has 0 bridgehead atoms. The van der Waals surface area contributed by atoms with Gasteiger partial charge in [0, 0.05) is 33.1 Å². The molecule has 1 aliphatic rings. The second-order valence-electron chi connectivity index (χ2n) is 5.46. The van der Waals surface area contributed by atoms with Crippen molar-refractivity contribution in [1.29, 1.82) is 0 Å². The Balaban J connectivity index is 1.80. The van der Waals surface area contributed by atoms with Gasteiger partial charge in [-0.15, -0.1) is 10.2 Å². The Bertz CT molecular complexity index is 640. The van der Waals surface area contributed by atoms with Crippen LogP contribution in [0.25, 0.3) is 0 Å². The van der Waals surface area contributed by atoms with Gasteiger partial charge in [-0.25, -0.2) is 0 Å². The van der Waals surface area contributed by atoms with Crippen molar-refractivity contribution in [2.24, 2.45) is 14.1 Å². The molecule has 8 nitrogen and oxygen atoms in total. The first-order chi connectivity index (χ1) is 10.1. The number of carbonyl (C=O) groups is 1. The maximum atomic E-state index is 12.6. The Morgan fingerprint density at radius 1 is 1.43 bits per heavy atom. The van der Waals surface area contributed by atoms with E-state index in [1.165, 1.54) is 10.9 Å². The van der Waals surface area contributed by atoms with E-state index >= 15 is 0 Å². The summed E-state index contributed by atoms with van der Waals surface area (Å²) in [5.74, 6) is 1.06. The van der Waals surface area contributed by atoms with Gasteiger partial charge in [0.15, 0.2) is 0 Å². The van der Waals surface area contributed by atoms with E-state index in [-0.39, 0.29) is 11.8 Å². The Kier molecular flexibility index (Phi) is 3.36. The van der Waals surface area contributed by atoms with E-state index in [4.69, 9.17) is 5.73 Å². The topological polar surface area (TPSA) is 94.9 Å². The van der Waals surface area contributed by atoms with E-state index < -0.39 is 0 Å². The maximum absolute atomic E-state index is 12.6. The van der Waals surface area contributed by atoms with Gasteiger partial charge in [0.1, 0.15) is 17.8 Å². The minimum absolute atomic E-state index is 0.0700. The van der Waals surface area contributed by atoms with Crippen molar-refractivity contribution in [3.8, 4) is 0 Å². The number of nitrogen functional groups attached to an aromatic ring is 1. The molecular formula is C13H19N7O. The van der Waals surface area contributed by atoms with Crippen LogP contribution in [0.1, 0.15) is 35.1 Å². The number of nitrogens with zero attached hydrogens (tertiary/aromatic N) is 6. The standard InChI is InChI=1S/C13H19N7O/c1-18-8-15-17-12(18)9-4-3-5-20(7-9)13(21)11-10(14)6-16-19(11)2/h6,8-9H,3-5,7,14H2,1-2H3. The lowest BCUT2D eigenvalue weighted by Crippen LogP contribution is -2.40. The Morgan fingerprint density at radius 3 is 2.86 bits per heavy atom. The highest BCUT2D eigenvalue weighted by Gasteiger charge is 2.30. The maximum Gasteiger partial charge on any atom is 0.274 e. The molecule has 2 aromatic rings. The molecule has 112 valence electrons. The van der Waals surface area contributed by atoms with E-state index in [9.17, 15) is 4.79 Å². The van der Waals surface area contributed by atoms with E-state index in [2.05, 4.69) is 15.3 Å². The molecule has 1 atom stereocenters. The van der Waals surface area contributed by atoms with Crippen LogP contribution < -0.4 is 5.73 Å². The van der Waals surface area contributed by atoms with Crippen molar-refractivity contribution in [2.75, 3.05) is 18.8 Å². The molecule has 2 N–H and O–H groups in total. The molecule has 0 radical (unpaired) electrons. The van der Waals surface area contributed by atoms with Crippen LogP contribution in [0.4, 0.5) is 5.69 Å². The quantitative estimate of drug-likeness (QED) is 0.849. The van der Waals surface area contributed by atoms with Gasteiger partial charge in [-0.1, -0.05) is 0 Å². The molecule has 1 saturated heterocycles. The zero-order chi connectivity index (χ0) is 15.0. The second kappa shape index (κ2) is 5.19. The van der Waals surface area contributed by atoms with E-state index in [0.717, 1.165) is 25.2 Å². The van der Waals surface area contributed by atoms with Crippen LogP contribution in [-0.2, 0) is 14.1 Å². The highest BCUT2D eigenvalue weighted by atomic mass is 16.2. The third-order valence-electron chi connectivity index (χ3n) is 3.99. The number of likely N-dealkylation sites (tertiary alicyclic amines) is 1. The lowest BCUT2D eigenvalue weighted by molar-refractivity contribution is 0.0693. The summed E-state index contributed by atoms with van der Waals surface area (Å²) in [7, 11) is 3.66. The van der Waals surface area contributed by atoms with Gasteiger partial charge in [-0.05, 0) is 12.8 Å². The predicted molar refractivity (Wildman–Crippen MR) is 76.5 cm³/mol. The predicted octanol–water partition coefficient (Wildman–Crippen LogP) is 0.151. The van der Waals surface area contributed by atoms with Gasteiger partial charge in [0.05, 0.1) is 11.9 Å². The average molecular weight is 289 g/mol. The normalized spacial score (nSPS) is 19.0. The minimum atomic E-state index is -0.0700. The highest BCUT2D eigenvalue weighted by molar-refractivity contribution is 5.97. The van der Waals surface area contributed by atoms with Crippen LogP contribution in [0.3, 0.4) is 0 Å². The fourth-order valence-corrected chi connectivity index (χ4v) is 2.90. The zero-order valence-corrected chi connectivity index (χ0v) is 12.2. The van der Waals surface area contributed by atoms with Crippen LogP contribution in [0, 0.1) is 0 Å². The fourth-order valence-electron chi connectivity index (χ4n) is 2.90. The Labute approximate surface area is 122 Å². The average Bonchev–Trinajstić information content (AvgIpc) is 3.05. The number of aryl methyl sites for hydroxylation is 2. The van der Waals surface area contributed by atoms with E-state index in [1.54, 1.807) is 13.4 Å². The number of rotatable bonds is 2. The number of nitrogens with two attached hydrogens (primary N) is 1. The van der Waals surface area contributed by atoms with Crippen LogP contribution >= 0.6 is 0 Å². The van der Waals surface area contributed by atoms with Crippen LogP contribution in [0.15, 0.2) is 12.5 Å². The number of hydrogen-bond donors (Lipinski definition) is 1. The number of anilines is 1. The Morgan fingerprint density at radius 2 is 2.24 bits per heavy atom. The lowest BCUT2D eigenvalue weighted by atomic mass is 9.97. The van der Waals surface area contributed by atoms with E-state index in [0.29, 0.717) is 17.9 Å². The fraction of sp³-hybridized carbons (Fsp3) is 0.538. The summed E-state index contributed by atoms with van der Waals surface area (Å²) >= 11 is 0.